The first-order valence-electron chi connectivity index (χ1n) is 10.3. The summed E-state index contributed by atoms with van der Waals surface area (Å²) >= 11 is 0. The molecular formula is C23H26N6. The van der Waals surface area contributed by atoms with E-state index in [1.54, 1.807) is 0 Å². The highest BCUT2D eigenvalue weighted by Crippen LogP contribution is 2.27. The van der Waals surface area contributed by atoms with Gasteiger partial charge in [-0.3, -0.25) is 9.30 Å². The molecule has 0 bridgehead atoms. The number of fused-ring (bicyclic) bond motifs is 2. The SMILES string of the molecule is CC(C)c1cccc2ccc(-c3nnc4ccc(CN5CCC(N)C5)cn34)nc12. The van der Waals surface area contributed by atoms with E-state index in [-0.39, 0.29) is 0 Å². The Morgan fingerprint density at radius 3 is 2.79 bits per heavy atom. The average molecular weight is 387 g/mol. The van der Waals surface area contributed by atoms with Gasteiger partial charge in [-0.25, -0.2) is 4.98 Å². The number of aromatic nitrogens is 4. The summed E-state index contributed by atoms with van der Waals surface area (Å²) in [5.41, 5.74) is 11.3. The van der Waals surface area contributed by atoms with Crippen molar-refractivity contribution in [3.05, 3.63) is 59.8 Å². The topological polar surface area (TPSA) is 72.3 Å². The summed E-state index contributed by atoms with van der Waals surface area (Å²) in [6.07, 6.45) is 3.20. The molecule has 0 amide bonds. The third kappa shape index (κ3) is 3.39. The molecule has 6 heteroatoms. The van der Waals surface area contributed by atoms with Crippen LogP contribution in [0.15, 0.2) is 48.7 Å². The van der Waals surface area contributed by atoms with Gasteiger partial charge in [-0.05, 0) is 35.6 Å². The second-order valence-electron chi connectivity index (χ2n) is 8.34. The Labute approximate surface area is 170 Å². The highest BCUT2D eigenvalue weighted by atomic mass is 15.3. The van der Waals surface area contributed by atoms with Crippen LogP contribution in [0.4, 0.5) is 0 Å². The third-order valence-corrected chi connectivity index (χ3v) is 5.78. The smallest absolute Gasteiger partial charge is 0.187 e. The molecule has 1 aliphatic heterocycles. The lowest BCUT2D eigenvalue weighted by atomic mass is 9.99. The molecule has 4 aromatic rings. The predicted molar refractivity (Wildman–Crippen MR) is 116 cm³/mol. The lowest BCUT2D eigenvalue weighted by Crippen LogP contribution is -2.26. The molecule has 0 spiro atoms. The summed E-state index contributed by atoms with van der Waals surface area (Å²) in [7, 11) is 0. The summed E-state index contributed by atoms with van der Waals surface area (Å²) in [6.45, 7) is 7.30. The molecule has 1 aliphatic rings. The number of hydrogen-bond donors (Lipinski definition) is 1. The molecule has 1 unspecified atom stereocenters. The van der Waals surface area contributed by atoms with Crippen molar-refractivity contribution in [2.24, 2.45) is 5.73 Å². The standard InChI is InChI=1S/C23H26N6/c1-15(2)19-5-3-4-17-7-8-20(25-22(17)19)23-27-26-21-9-6-16(13-29(21)23)12-28-11-10-18(24)14-28/h3-9,13,15,18H,10-12,14,24H2,1-2H3. The number of benzene rings is 1. The first-order valence-corrected chi connectivity index (χ1v) is 10.3. The summed E-state index contributed by atoms with van der Waals surface area (Å²) in [5.74, 6) is 1.19. The lowest BCUT2D eigenvalue weighted by molar-refractivity contribution is 0.326. The quantitative estimate of drug-likeness (QED) is 0.580. The number of nitrogens with two attached hydrogens (primary N) is 1. The fraction of sp³-hybridized carbons (Fsp3) is 0.348. The van der Waals surface area contributed by atoms with Gasteiger partial charge in [-0.1, -0.05) is 44.2 Å². The molecule has 1 atom stereocenters. The van der Waals surface area contributed by atoms with Gasteiger partial charge in [0, 0.05) is 37.3 Å². The van der Waals surface area contributed by atoms with E-state index < -0.39 is 0 Å². The van der Waals surface area contributed by atoms with Crippen LogP contribution in [0.3, 0.4) is 0 Å². The van der Waals surface area contributed by atoms with Crippen molar-refractivity contribution >= 4 is 16.6 Å². The Kier molecular flexibility index (Phi) is 4.53. The van der Waals surface area contributed by atoms with Crippen LogP contribution in [0.1, 0.15) is 37.3 Å². The number of hydrogen-bond acceptors (Lipinski definition) is 5. The van der Waals surface area contributed by atoms with Crippen LogP contribution in [-0.2, 0) is 6.54 Å². The highest BCUT2D eigenvalue weighted by molar-refractivity contribution is 5.84. The fourth-order valence-corrected chi connectivity index (χ4v) is 4.23. The molecule has 3 aromatic heterocycles. The number of likely N-dealkylation sites (tertiary alicyclic amines) is 1. The maximum absolute atomic E-state index is 6.06. The molecule has 148 valence electrons. The van der Waals surface area contributed by atoms with Crippen LogP contribution >= 0.6 is 0 Å². The molecule has 1 saturated heterocycles. The molecule has 1 aromatic carbocycles. The molecule has 4 heterocycles. The Balaban J connectivity index is 1.56. The van der Waals surface area contributed by atoms with Crippen molar-refractivity contribution < 1.29 is 0 Å². The zero-order valence-corrected chi connectivity index (χ0v) is 16.9. The molecule has 0 aliphatic carbocycles. The molecular weight excluding hydrogens is 360 g/mol. The van der Waals surface area contributed by atoms with Gasteiger partial charge in [0.05, 0.1) is 5.52 Å². The minimum atomic E-state index is 0.293. The van der Waals surface area contributed by atoms with Gasteiger partial charge >= 0.3 is 0 Å². The number of nitrogens with zero attached hydrogens (tertiary/aromatic N) is 5. The van der Waals surface area contributed by atoms with E-state index in [2.05, 4.69) is 69.9 Å². The van der Waals surface area contributed by atoms with E-state index in [4.69, 9.17) is 10.7 Å². The van der Waals surface area contributed by atoms with Crippen LogP contribution in [0, 0.1) is 0 Å². The van der Waals surface area contributed by atoms with Crippen molar-refractivity contribution in [2.45, 2.75) is 38.8 Å². The lowest BCUT2D eigenvalue weighted by Gasteiger charge is -2.15. The molecule has 0 radical (unpaired) electrons. The van der Waals surface area contributed by atoms with Gasteiger partial charge < -0.3 is 5.73 Å². The largest absolute Gasteiger partial charge is 0.326 e. The van der Waals surface area contributed by atoms with E-state index in [1.165, 1.54) is 11.1 Å². The second kappa shape index (κ2) is 7.21. The maximum Gasteiger partial charge on any atom is 0.187 e. The molecule has 5 rings (SSSR count). The average Bonchev–Trinajstić information content (AvgIpc) is 3.32. The van der Waals surface area contributed by atoms with E-state index >= 15 is 0 Å². The normalized spacial score (nSPS) is 17.7. The van der Waals surface area contributed by atoms with Gasteiger partial charge in [-0.2, -0.15) is 0 Å². The number of para-hydroxylation sites is 1. The Morgan fingerprint density at radius 1 is 1.10 bits per heavy atom. The van der Waals surface area contributed by atoms with Crippen LogP contribution in [0.2, 0.25) is 0 Å². The van der Waals surface area contributed by atoms with E-state index in [1.807, 2.05) is 12.1 Å². The van der Waals surface area contributed by atoms with Crippen molar-refractivity contribution in [1.29, 1.82) is 0 Å². The summed E-state index contributed by atoms with van der Waals surface area (Å²) < 4.78 is 2.05. The predicted octanol–water partition coefficient (Wildman–Crippen LogP) is 3.60. The van der Waals surface area contributed by atoms with Gasteiger partial charge in [0.1, 0.15) is 5.69 Å². The Bertz CT molecular complexity index is 1180. The zero-order chi connectivity index (χ0) is 20.0. The molecule has 29 heavy (non-hydrogen) atoms. The van der Waals surface area contributed by atoms with E-state index in [0.29, 0.717) is 12.0 Å². The van der Waals surface area contributed by atoms with Gasteiger partial charge in [-0.15, -0.1) is 10.2 Å². The first kappa shape index (κ1) is 18.2. The Hall–Kier alpha value is -2.83. The molecule has 0 saturated carbocycles. The van der Waals surface area contributed by atoms with Crippen molar-refractivity contribution in [1.82, 2.24) is 24.5 Å². The van der Waals surface area contributed by atoms with Gasteiger partial charge in [0.25, 0.3) is 0 Å². The van der Waals surface area contributed by atoms with Crippen LogP contribution < -0.4 is 5.73 Å². The summed E-state index contributed by atoms with van der Waals surface area (Å²) in [5, 5.41) is 9.96. The molecule has 1 fully saturated rings. The number of rotatable bonds is 4. The van der Waals surface area contributed by atoms with Crippen molar-refractivity contribution in [3.8, 4) is 11.5 Å². The van der Waals surface area contributed by atoms with Gasteiger partial charge in [0.2, 0.25) is 0 Å². The molecule has 2 N–H and O–H groups in total. The van der Waals surface area contributed by atoms with E-state index in [9.17, 15) is 0 Å². The van der Waals surface area contributed by atoms with Crippen molar-refractivity contribution in [2.75, 3.05) is 13.1 Å². The van der Waals surface area contributed by atoms with Crippen molar-refractivity contribution in [3.63, 3.8) is 0 Å². The minimum absolute atomic E-state index is 0.293. The van der Waals surface area contributed by atoms with Gasteiger partial charge in [0.15, 0.2) is 11.5 Å². The summed E-state index contributed by atoms with van der Waals surface area (Å²) in [4.78, 5) is 7.38. The maximum atomic E-state index is 6.06. The van der Waals surface area contributed by atoms with Crippen LogP contribution in [0.25, 0.3) is 28.1 Å². The monoisotopic (exact) mass is 386 g/mol. The van der Waals surface area contributed by atoms with E-state index in [0.717, 1.165) is 54.1 Å². The van der Waals surface area contributed by atoms with Crippen LogP contribution in [0.5, 0.6) is 0 Å². The van der Waals surface area contributed by atoms with Crippen LogP contribution in [-0.4, -0.2) is 43.6 Å². The first-order chi connectivity index (χ1) is 14.1. The highest BCUT2D eigenvalue weighted by Gasteiger charge is 2.19. The zero-order valence-electron chi connectivity index (χ0n) is 16.9. The fourth-order valence-electron chi connectivity index (χ4n) is 4.23. The summed E-state index contributed by atoms with van der Waals surface area (Å²) in [6, 6.07) is 15.0. The number of pyridine rings is 2. The minimum Gasteiger partial charge on any atom is -0.326 e. The molecule has 6 nitrogen and oxygen atoms in total. The second-order valence-corrected chi connectivity index (χ2v) is 8.34. The third-order valence-electron chi connectivity index (χ3n) is 5.78. The Morgan fingerprint density at radius 2 is 2.00 bits per heavy atom.